The molecule has 17 heavy (non-hydrogen) atoms. The molecule has 0 atom stereocenters. The van der Waals surface area contributed by atoms with Gasteiger partial charge in [-0.15, -0.1) is 0 Å². The van der Waals surface area contributed by atoms with E-state index in [-0.39, 0.29) is 0 Å². The van der Waals surface area contributed by atoms with Crippen LogP contribution in [-0.4, -0.2) is 4.98 Å². The van der Waals surface area contributed by atoms with Crippen LogP contribution in [0.2, 0.25) is 0 Å². The van der Waals surface area contributed by atoms with E-state index in [0.29, 0.717) is 0 Å². The van der Waals surface area contributed by atoms with Crippen LogP contribution >= 0.6 is 0 Å². The fourth-order valence-electron chi connectivity index (χ4n) is 2.14. The molecule has 1 heteroatoms. The summed E-state index contributed by atoms with van der Waals surface area (Å²) in [7, 11) is 0. The minimum Gasteiger partial charge on any atom is -0.354 e. The van der Waals surface area contributed by atoms with E-state index in [0.717, 1.165) is 0 Å². The van der Waals surface area contributed by atoms with Gasteiger partial charge in [-0.3, -0.25) is 0 Å². The summed E-state index contributed by atoms with van der Waals surface area (Å²) in [6, 6.07) is 13.1. The Hall–Kier alpha value is -1.76. The molecule has 1 heterocycles. The van der Waals surface area contributed by atoms with Gasteiger partial charge in [-0.25, -0.2) is 0 Å². The predicted octanol–water partition coefficient (Wildman–Crippen LogP) is 4.96. The zero-order valence-corrected chi connectivity index (χ0v) is 11.0. The van der Waals surface area contributed by atoms with Crippen LogP contribution in [0.25, 0.3) is 21.8 Å². The number of aryl methyl sites for hydroxylation is 2. The Morgan fingerprint density at radius 3 is 1.53 bits per heavy atom. The first kappa shape index (κ1) is 11.7. The Bertz CT molecular complexity index is 591. The van der Waals surface area contributed by atoms with Crippen molar-refractivity contribution in [2.45, 2.75) is 27.7 Å². The highest BCUT2D eigenvalue weighted by Crippen LogP contribution is 2.26. The second-order valence-corrected chi connectivity index (χ2v) is 4.22. The highest BCUT2D eigenvalue weighted by atomic mass is 14.7. The molecule has 0 aliphatic heterocycles. The largest absolute Gasteiger partial charge is 0.354 e. The van der Waals surface area contributed by atoms with Crippen molar-refractivity contribution in [1.29, 1.82) is 0 Å². The Labute approximate surface area is 102 Å². The van der Waals surface area contributed by atoms with Crippen LogP contribution in [0.15, 0.2) is 36.4 Å². The summed E-state index contributed by atoms with van der Waals surface area (Å²) in [5.41, 5.74) is 5.06. The highest BCUT2D eigenvalue weighted by molar-refractivity contribution is 6.07. The quantitative estimate of drug-likeness (QED) is 0.556. The fraction of sp³-hybridized carbons (Fsp3) is 0.250. The molecule has 0 bridgehead atoms. The zero-order chi connectivity index (χ0) is 12.4. The van der Waals surface area contributed by atoms with E-state index in [1.54, 1.807) is 0 Å². The molecule has 2 aromatic carbocycles. The molecular weight excluding hydrogens is 206 g/mol. The summed E-state index contributed by atoms with van der Waals surface area (Å²) >= 11 is 0. The number of hydrogen-bond acceptors (Lipinski definition) is 0. The van der Waals surface area contributed by atoms with Crippen molar-refractivity contribution in [2.75, 3.05) is 0 Å². The van der Waals surface area contributed by atoms with Gasteiger partial charge in [0.1, 0.15) is 0 Å². The lowest BCUT2D eigenvalue weighted by molar-refractivity contribution is 1.45. The number of H-pyrrole nitrogens is 1. The molecule has 0 radical (unpaired) electrons. The molecule has 0 unspecified atom stereocenters. The summed E-state index contributed by atoms with van der Waals surface area (Å²) in [5.74, 6) is 0. The van der Waals surface area contributed by atoms with Gasteiger partial charge in [-0.2, -0.15) is 0 Å². The maximum Gasteiger partial charge on any atom is 0.0467 e. The van der Waals surface area contributed by atoms with Crippen LogP contribution in [0, 0.1) is 13.8 Å². The van der Waals surface area contributed by atoms with Crippen molar-refractivity contribution in [2.24, 2.45) is 0 Å². The minimum absolute atomic E-state index is 1.23. The molecule has 1 N–H and O–H groups in total. The first-order valence-corrected chi connectivity index (χ1v) is 6.23. The Kier molecular flexibility index (Phi) is 3.19. The van der Waals surface area contributed by atoms with Gasteiger partial charge in [0.2, 0.25) is 0 Å². The number of aromatic amines is 1. The number of hydrogen-bond donors (Lipinski definition) is 1. The molecular formula is C16H19N. The number of fused-ring (bicyclic) bond motifs is 3. The van der Waals surface area contributed by atoms with E-state index < -0.39 is 0 Å². The molecule has 0 amide bonds. The maximum absolute atomic E-state index is 3.46. The zero-order valence-electron chi connectivity index (χ0n) is 11.0. The third-order valence-electron chi connectivity index (χ3n) is 2.91. The van der Waals surface area contributed by atoms with Crippen LogP contribution < -0.4 is 0 Å². The van der Waals surface area contributed by atoms with Gasteiger partial charge in [0.25, 0.3) is 0 Å². The second-order valence-electron chi connectivity index (χ2n) is 4.22. The summed E-state index contributed by atoms with van der Waals surface area (Å²) in [4.78, 5) is 3.46. The van der Waals surface area contributed by atoms with Crippen LogP contribution in [0.5, 0.6) is 0 Å². The Balaban J connectivity index is 0.000000514. The van der Waals surface area contributed by atoms with Crippen molar-refractivity contribution in [1.82, 2.24) is 4.98 Å². The number of rotatable bonds is 0. The standard InChI is InChI=1S/C14H13N.C2H6/c1-9-3-5-11-12-6-4-10(2)8-14(12)15-13(11)7-9;1-2/h3-8,15H,1-2H3;1-2H3. The molecule has 0 aliphatic rings. The molecule has 0 saturated carbocycles. The predicted molar refractivity (Wildman–Crippen MR) is 76.6 cm³/mol. The fourth-order valence-corrected chi connectivity index (χ4v) is 2.14. The first-order valence-electron chi connectivity index (χ1n) is 6.23. The lowest BCUT2D eigenvalue weighted by Crippen LogP contribution is -1.71. The lowest BCUT2D eigenvalue weighted by atomic mass is 10.1. The average Bonchev–Trinajstić information content (AvgIpc) is 2.67. The topological polar surface area (TPSA) is 15.8 Å². The van der Waals surface area contributed by atoms with E-state index in [1.165, 1.54) is 32.9 Å². The van der Waals surface area contributed by atoms with Crippen LogP contribution in [0.3, 0.4) is 0 Å². The number of benzene rings is 2. The minimum atomic E-state index is 1.23. The molecule has 1 aromatic heterocycles. The van der Waals surface area contributed by atoms with Gasteiger partial charge in [-0.05, 0) is 37.1 Å². The monoisotopic (exact) mass is 225 g/mol. The van der Waals surface area contributed by atoms with Gasteiger partial charge in [-0.1, -0.05) is 38.1 Å². The van der Waals surface area contributed by atoms with Crippen molar-refractivity contribution in [3.63, 3.8) is 0 Å². The molecule has 0 fully saturated rings. The van der Waals surface area contributed by atoms with Crippen molar-refractivity contribution < 1.29 is 0 Å². The van der Waals surface area contributed by atoms with Crippen molar-refractivity contribution >= 4 is 21.8 Å². The molecule has 88 valence electrons. The lowest BCUT2D eigenvalue weighted by Gasteiger charge is -1.93. The summed E-state index contributed by atoms with van der Waals surface area (Å²) in [6.07, 6.45) is 0. The molecule has 0 saturated heterocycles. The van der Waals surface area contributed by atoms with Gasteiger partial charge >= 0.3 is 0 Å². The first-order chi connectivity index (χ1) is 8.24. The Morgan fingerprint density at radius 2 is 1.12 bits per heavy atom. The summed E-state index contributed by atoms with van der Waals surface area (Å²) in [5, 5.41) is 2.63. The molecule has 3 rings (SSSR count). The van der Waals surface area contributed by atoms with E-state index in [9.17, 15) is 0 Å². The molecule has 0 spiro atoms. The highest BCUT2D eigenvalue weighted by Gasteiger charge is 2.03. The van der Waals surface area contributed by atoms with Gasteiger partial charge in [0.05, 0.1) is 0 Å². The third-order valence-corrected chi connectivity index (χ3v) is 2.91. The van der Waals surface area contributed by atoms with Crippen molar-refractivity contribution in [3.05, 3.63) is 47.5 Å². The number of nitrogens with one attached hydrogen (secondary N) is 1. The van der Waals surface area contributed by atoms with E-state index in [4.69, 9.17) is 0 Å². The summed E-state index contributed by atoms with van der Waals surface area (Å²) < 4.78 is 0. The second kappa shape index (κ2) is 4.62. The van der Waals surface area contributed by atoms with Crippen LogP contribution in [0.1, 0.15) is 25.0 Å². The normalized spacial score (nSPS) is 10.4. The number of aromatic nitrogens is 1. The molecule has 3 aromatic rings. The summed E-state index contributed by atoms with van der Waals surface area (Å²) in [6.45, 7) is 8.24. The van der Waals surface area contributed by atoms with Crippen molar-refractivity contribution in [3.8, 4) is 0 Å². The molecule has 0 aliphatic carbocycles. The van der Waals surface area contributed by atoms with E-state index >= 15 is 0 Å². The smallest absolute Gasteiger partial charge is 0.0467 e. The van der Waals surface area contributed by atoms with Crippen LogP contribution in [-0.2, 0) is 0 Å². The maximum atomic E-state index is 3.46. The molecule has 1 nitrogen and oxygen atoms in total. The average molecular weight is 225 g/mol. The SMILES string of the molecule is CC.Cc1ccc2c(c1)[nH]c1cc(C)ccc12. The van der Waals surface area contributed by atoms with Gasteiger partial charge < -0.3 is 4.98 Å². The van der Waals surface area contributed by atoms with E-state index in [2.05, 4.69) is 55.2 Å². The van der Waals surface area contributed by atoms with E-state index in [1.807, 2.05) is 13.8 Å². The van der Waals surface area contributed by atoms with Crippen LogP contribution in [0.4, 0.5) is 0 Å². The Morgan fingerprint density at radius 1 is 0.706 bits per heavy atom. The van der Waals surface area contributed by atoms with Gasteiger partial charge in [0, 0.05) is 21.8 Å². The van der Waals surface area contributed by atoms with Gasteiger partial charge in [0.15, 0.2) is 0 Å². The third kappa shape index (κ3) is 2.05.